The Morgan fingerprint density at radius 3 is 3.18 bits per heavy atom. The topological polar surface area (TPSA) is 66.7 Å². The van der Waals surface area contributed by atoms with Crippen molar-refractivity contribution in [3.05, 3.63) is 30.1 Å². The van der Waals surface area contributed by atoms with Crippen molar-refractivity contribution in [3.63, 3.8) is 0 Å². The molecule has 4 heteroatoms. The van der Waals surface area contributed by atoms with E-state index in [0.717, 1.165) is 37.0 Å². The molecule has 0 aliphatic heterocycles. The van der Waals surface area contributed by atoms with Gasteiger partial charge in [-0.15, -0.1) is 0 Å². The third-order valence-corrected chi connectivity index (χ3v) is 2.83. The zero-order valence-electron chi connectivity index (χ0n) is 10.2. The molecule has 1 aromatic carbocycles. The SMILES string of the molecule is CC(N)CCCNCc1ccc2nc[nH]c2c1. The summed E-state index contributed by atoms with van der Waals surface area (Å²) in [5.41, 5.74) is 9.09. The van der Waals surface area contributed by atoms with Gasteiger partial charge in [-0.1, -0.05) is 6.07 Å². The van der Waals surface area contributed by atoms with Gasteiger partial charge >= 0.3 is 0 Å². The highest BCUT2D eigenvalue weighted by atomic mass is 14.9. The summed E-state index contributed by atoms with van der Waals surface area (Å²) in [6.07, 6.45) is 3.93. The van der Waals surface area contributed by atoms with E-state index in [1.165, 1.54) is 5.56 Å². The van der Waals surface area contributed by atoms with Crippen molar-refractivity contribution in [2.75, 3.05) is 6.54 Å². The van der Waals surface area contributed by atoms with Crippen LogP contribution in [0.3, 0.4) is 0 Å². The second-order valence-corrected chi connectivity index (χ2v) is 4.55. The van der Waals surface area contributed by atoms with Crippen LogP contribution < -0.4 is 11.1 Å². The number of aromatic amines is 1. The normalized spacial score (nSPS) is 13.1. The minimum absolute atomic E-state index is 0.304. The maximum Gasteiger partial charge on any atom is 0.0931 e. The number of rotatable bonds is 6. The molecule has 0 saturated heterocycles. The largest absolute Gasteiger partial charge is 0.345 e. The summed E-state index contributed by atoms with van der Waals surface area (Å²) in [5.74, 6) is 0. The summed E-state index contributed by atoms with van der Waals surface area (Å²) >= 11 is 0. The lowest BCUT2D eigenvalue weighted by Crippen LogP contribution is -2.19. The fourth-order valence-corrected chi connectivity index (χ4v) is 1.87. The van der Waals surface area contributed by atoms with Crippen LogP contribution in [-0.2, 0) is 6.54 Å². The number of imidazole rings is 1. The van der Waals surface area contributed by atoms with Gasteiger partial charge in [0.05, 0.1) is 17.4 Å². The molecule has 1 aromatic heterocycles. The van der Waals surface area contributed by atoms with Crippen LogP contribution in [0, 0.1) is 0 Å². The lowest BCUT2D eigenvalue weighted by molar-refractivity contribution is 0.574. The zero-order valence-corrected chi connectivity index (χ0v) is 10.2. The number of benzene rings is 1. The van der Waals surface area contributed by atoms with Crippen LogP contribution in [0.2, 0.25) is 0 Å². The zero-order chi connectivity index (χ0) is 12.1. The minimum atomic E-state index is 0.304. The monoisotopic (exact) mass is 232 g/mol. The molecule has 1 unspecified atom stereocenters. The molecule has 0 radical (unpaired) electrons. The smallest absolute Gasteiger partial charge is 0.0931 e. The fraction of sp³-hybridized carbons (Fsp3) is 0.462. The van der Waals surface area contributed by atoms with E-state index in [0.29, 0.717) is 6.04 Å². The molecule has 0 aliphatic carbocycles. The number of H-pyrrole nitrogens is 1. The summed E-state index contributed by atoms with van der Waals surface area (Å²) < 4.78 is 0. The Balaban J connectivity index is 1.78. The van der Waals surface area contributed by atoms with Gasteiger partial charge in [-0.05, 0) is 44.0 Å². The lowest BCUT2D eigenvalue weighted by Gasteiger charge is -2.06. The first kappa shape index (κ1) is 12.1. The minimum Gasteiger partial charge on any atom is -0.345 e. The van der Waals surface area contributed by atoms with E-state index in [1.807, 2.05) is 13.0 Å². The first-order valence-electron chi connectivity index (χ1n) is 6.14. The molecule has 4 nitrogen and oxygen atoms in total. The van der Waals surface area contributed by atoms with E-state index in [9.17, 15) is 0 Å². The van der Waals surface area contributed by atoms with Crippen molar-refractivity contribution in [2.45, 2.75) is 32.4 Å². The second-order valence-electron chi connectivity index (χ2n) is 4.55. The van der Waals surface area contributed by atoms with Gasteiger partial charge in [-0.2, -0.15) is 0 Å². The Bertz CT molecular complexity index is 461. The number of hydrogen-bond acceptors (Lipinski definition) is 3. The van der Waals surface area contributed by atoms with Gasteiger partial charge in [0.15, 0.2) is 0 Å². The Kier molecular flexibility index (Phi) is 4.12. The molecule has 92 valence electrons. The van der Waals surface area contributed by atoms with E-state index >= 15 is 0 Å². The van der Waals surface area contributed by atoms with Crippen molar-refractivity contribution >= 4 is 11.0 Å². The third-order valence-electron chi connectivity index (χ3n) is 2.83. The van der Waals surface area contributed by atoms with Gasteiger partial charge in [0.2, 0.25) is 0 Å². The predicted molar refractivity (Wildman–Crippen MR) is 70.7 cm³/mol. The van der Waals surface area contributed by atoms with Crippen LogP contribution in [0.15, 0.2) is 24.5 Å². The van der Waals surface area contributed by atoms with Crippen molar-refractivity contribution in [3.8, 4) is 0 Å². The van der Waals surface area contributed by atoms with Crippen LogP contribution in [0.25, 0.3) is 11.0 Å². The highest BCUT2D eigenvalue weighted by Crippen LogP contribution is 2.11. The lowest BCUT2D eigenvalue weighted by atomic mass is 10.2. The first-order chi connectivity index (χ1) is 8.25. The summed E-state index contributed by atoms with van der Waals surface area (Å²) in [5, 5.41) is 3.42. The number of aromatic nitrogens is 2. The molecular formula is C13H20N4. The molecule has 0 fully saturated rings. The Morgan fingerprint density at radius 2 is 2.35 bits per heavy atom. The highest BCUT2D eigenvalue weighted by molar-refractivity contribution is 5.74. The number of nitrogens with two attached hydrogens (primary N) is 1. The molecule has 17 heavy (non-hydrogen) atoms. The highest BCUT2D eigenvalue weighted by Gasteiger charge is 1.98. The van der Waals surface area contributed by atoms with Crippen molar-refractivity contribution in [2.24, 2.45) is 5.73 Å². The van der Waals surface area contributed by atoms with Gasteiger partial charge in [0.1, 0.15) is 0 Å². The summed E-state index contributed by atoms with van der Waals surface area (Å²) in [7, 11) is 0. The fourth-order valence-electron chi connectivity index (χ4n) is 1.87. The molecule has 0 saturated carbocycles. The predicted octanol–water partition coefficient (Wildman–Crippen LogP) is 1.78. The van der Waals surface area contributed by atoms with Gasteiger partial charge < -0.3 is 16.0 Å². The maximum absolute atomic E-state index is 5.70. The standard InChI is InChI=1S/C13H20N4/c1-10(14)3-2-6-15-8-11-4-5-12-13(7-11)17-9-16-12/h4-5,7,9-10,15H,2-3,6,8,14H2,1H3,(H,16,17). The number of hydrogen-bond donors (Lipinski definition) is 3. The van der Waals surface area contributed by atoms with Crippen molar-refractivity contribution in [1.82, 2.24) is 15.3 Å². The maximum atomic E-state index is 5.70. The average molecular weight is 232 g/mol. The van der Waals surface area contributed by atoms with Gasteiger partial charge in [0, 0.05) is 12.6 Å². The average Bonchev–Trinajstić information content (AvgIpc) is 2.75. The molecular weight excluding hydrogens is 212 g/mol. The number of fused-ring (bicyclic) bond motifs is 1. The van der Waals surface area contributed by atoms with E-state index in [-0.39, 0.29) is 0 Å². The third kappa shape index (κ3) is 3.54. The van der Waals surface area contributed by atoms with Crippen LogP contribution in [-0.4, -0.2) is 22.6 Å². The van der Waals surface area contributed by atoms with Gasteiger partial charge in [-0.3, -0.25) is 0 Å². The Morgan fingerprint density at radius 1 is 1.47 bits per heavy atom. The molecule has 1 atom stereocenters. The molecule has 2 aromatic rings. The summed E-state index contributed by atoms with van der Waals surface area (Å²) in [4.78, 5) is 7.32. The summed E-state index contributed by atoms with van der Waals surface area (Å²) in [6, 6.07) is 6.60. The van der Waals surface area contributed by atoms with E-state index < -0.39 is 0 Å². The van der Waals surface area contributed by atoms with E-state index in [1.54, 1.807) is 6.33 Å². The first-order valence-corrected chi connectivity index (χ1v) is 6.14. The molecule has 0 aliphatic rings. The Labute approximate surface area is 102 Å². The molecule has 0 amide bonds. The van der Waals surface area contributed by atoms with E-state index in [2.05, 4.69) is 27.4 Å². The molecule has 2 rings (SSSR count). The molecule has 0 spiro atoms. The van der Waals surface area contributed by atoms with Crippen molar-refractivity contribution < 1.29 is 0 Å². The summed E-state index contributed by atoms with van der Waals surface area (Å²) in [6.45, 7) is 3.96. The number of nitrogens with one attached hydrogen (secondary N) is 2. The number of nitrogens with zero attached hydrogens (tertiary/aromatic N) is 1. The second kappa shape index (κ2) is 5.80. The van der Waals surface area contributed by atoms with Gasteiger partial charge in [-0.25, -0.2) is 4.98 Å². The van der Waals surface area contributed by atoms with Crippen LogP contribution in [0.1, 0.15) is 25.3 Å². The molecule has 4 N–H and O–H groups in total. The Hall–Kier alpha value is -1.39. The van der Waals surface area contributed by atoms with Crippen LogP contribution >= 0.6 is 0 Å². The quantitative estimate of drug-likeness (QED) is 0.665. The van der Waals surface area contributed by atoms with Crippen LogP contribution in [0.4, 0.5) is 0 Å². The van der Waals surface area contributed by atoms with Crippen molar-refractivity contribution in [1.29, 1.82) is 0 Å². The van der Waals surface area contributed by atoms with Crippen LogP contribution in [0.5, 0.6) is 0 Å². The molecule has 0 bridgehead atoms. The van der Waals surface area contributed by atoms with Gasteiger partial charge in [0.25, 0.3) is 0 Å². The van der Waals surface area contributed by atoms with E-state index in [4.69, 9.17) is 5.73 Å². The molecule has 1 heterocycles.